The molecule has 4 aromatic rings. The number of phenolic OH excluding ortho intramolecular Hbond substituents is 1. The van der Waals surface area contributed by atoms with Crippen molar-refractivity contribution in [1.29, 1.82) is 0 Å². The second kappa shape index (κ2) is 11.7. The number of hydrogen-bond acceptors (Lipinski definition) is 7. The van der Waals surface area contributed by atoms with E-state index in [0.29, 0.717) is 28.7 Å². The van der Waals surface area contributed by atoms with Gasteiger partial charge in [-0.25, -0.2) is 4.79 Å². The molecule has 0 bridgehead atoms. The van der Waals surface area contributed by atoms with Gasteiger partial charge in [0.05, 0.1) is 28.5 Å². The average molecular weight is 523 g/mol. The van der Waals surface area contributed by atoms with Crippen LogP contribution in [-0.4, -0.2) is 44.1 Å². The van der Waals surface area contributed by atoms with Crippen LogP contribution in [0.3, 0.4) is 0 Å². The number of rotatable bonds is 9. The van der Waals surface area contributed by atoms with Gasteiger partial charge in [-0.15, -0.1) is 10.2 Å². The minimum Gasteiger partial charge on any atom is -0.507 e. The van der Waals surface area contributed by atoms with Crippen LogP contribution in [0, 0.1) is 0 Å². The number of aromatic hydroxyl groups is 1. The highest BCUT2D eigenvalue weighted by Gasteiger charge is 2.19. The van der Waals surface area contributed by atoms with Crippen LogP contribution in [0.2, 0.25) is 5.02 Å². The molecule has 2 N–H and O–H groups in total. The van der Waals surface area contributed by atoms with Crippen LogP contribution in [0.1, 0.15) is 23.7 Å². The number of halogens is 1. The highest BCUT2D eigenvalue weighted by Crippen LogP contribution is 2.32. The Labute approximate surface area is 217 Å². The number of phenols is 1. The van der Waals surface area contributed by atoms with Crippen LogP contribution in [0.4, 0.5) is 5.69 Å². The van der Waals surface area contributed by atoms with Gasteiger partial charge in [0, 0.05) is 11.4 Å². The zero-order valence-electron chi connectivity index (χ0n) is 19.3. The van der Waals surface area contributed by atoms with Gasteiger partial charge in [0.15, 0.2) is 11.0 Å². The normalized spacial score (nSPS) is 10.7. The fourth-order valence-corrected chi connectivity index (χ4v) is 4.32. The molecule has 1 heterocycles. The van der Waals surface area contributed by atoms with E-state index in [-0.39, 0.29) is 34.6 Å². The van der Waals surface area contributed by atoms with Gasteiger partial charge >= 0.3 is 5.97 Å². The summed E-state index contributed by atoms with van der Waals surface area (Å²) in [5, 5.41) is 22.4. The topological polar surface area (TPSA) is 106 Å². The van der Waals surface area contributed by atoms with E-state index in [4.69, 9.17) is 16.3 Å². The Morgan fingerprint density at radius 3 is 2.56 bits per heavy atom. The smallest absolute Gasteiger partial charge is 0.339 e. The van der Waals surface area contributed by atoms with Gasteiger partial charge in [-0.3, -0.25) is 9.36 Å². The molecule has 8 nitrogen and oxygen atoms in total. The summed E-state index contributed by atoms with van der Waals surface area (Å²) in [7, 11) is 0. The van der Waals surface area contributed by atoms with Crippen molar-refractivity contribution in [2.24, 2.45) is 0 Å². The third kappa shape index (κ3) is 5.87. The SMILES string of the molecule is CCCOC(=O)c1cc(NC(=O)CSc2nnc(-c3ccccc3O)n2-c2ccccc2)ccc1Cl. The molecule has 1 amide bonds. The maximum Gasteiger partial charge on any atom is 0.339 e. The second-order valence-electron chi connectivity index (χ2n) is 7.66. The number of esters is 1. The summed E-state index contributed by atoms with van der Waals surface area (Å²) in [6.45, 7) is 2.18. The van der Waals surface area contributed by atoms with Crippen molar-refractivity contribution >= 4 is 40.9 Å². The highest BCUT2D eigenvalue weighted by atomic mass is 35.5. The number of anilines is 1. The maximum absolute atomic E-state index is 12.7. The molecule has 184 valence electrons. The molecule has 0 radical (unpaired) electrons. The number of thioether (sulfide) groups is 1. The zero-order chi connectivity index (χ0) is 25.5. The molecule has 1 aromatic heterocycles. The molecule has 0 spiro atoms. The number of nitrogens with zero attached hydrogens (tertiary/aromatic N) is 3. The molecule has 0 aliphatic rings. The van der Waals surface area contributed by atoms with Gasteiger partial charge in [0.1, 0.15) is 5.75 Å². The van der Waals surface area contributed by atoms with Crippen LogP contribution in [-0.2, 0) is 9.53 Å². The molecule has 0 atom stereocenters. The number of ether oxygens (including phenoxy) is 1. The van der Waals surface area contributed by atoms with E-state index < -0.39 is 5.97 Å². The van der Waals surface area contributed by atoms with Crippen molar-refractivity contribution < 1.29 is 19.4 Å². The van der Waals surface area contributed by atoms with E-state index >= 15 is 0 Å². The number of para-hydroxylation sites is 2. The lowest BCUT2D eigenvalue weighted by molar-refractivity contribution is -0.113. The predicted octanol–water partition coefficient (Wildman–Crippen LogP) is 5.59. The van der Waals surface area contributed by atoms with Crippen molar-refractivity contribution in [1.82, 2.24) is 14.8 Å². The van der Waals surface area contributed by atoms with Crippen LogP contribution in [0.5, 0.6) is 5.75 Å². The largest absolute Gasteiger partial charge is 0.507 e. The number of benzene rings is 3. The van der Waals surface area contributed by atoms with Crippen molar-refractivity contribution in [3.8, 4) is 22.8 Å². The lowest BCUT2D eigenvalue weighted by Gasteiger charge is -2.11. The molecule has 0 aliphatic carbocycles. The first-order chi connectivity index (χ1) is 17.5. The molecule has 10 heteroatoms. The minimum absolute atomic E-state index is 0.0317. The van der Waals surface area contributed by atoms with Gasteiger partial charge in [0.25, 0.3) is 0 Å². The Morgan fingerprint density at radius 2 is 1.81 bits per heavy atom. The van der Waals surface area contributed by atoms with Crippen molar-refractivity contribution in [3.63, 3.8) is 0 Å². The maximum atomic E-state index is 12.7. The average Bonchev–Trinajstić information content (AvgIpc) is 3.31. The molecule has 0 saturated heterocycles. The molecular weight excluding hydrogens is 500 g/mol. The number of aromatic nitrogens is 3. The molecule has 0 unspecified atom stereocenters. The van der Waals surface area contributed by atoms with Gasteiger partial charge in [-0.05, 0) is 48.9 Å². The van der Waals surface area contributed by atoms with E-state index in [0.717, 1.165) is 5.69 Å². The summed E-state index contributed by atoms with van der Waals surface area (Å²) in [5.41, 5.74) is 1.92. The third-order valence-electron chi connectivity index (χ3n) is 5.03. The number of hydrogen-bond donors (Lipinski definition) is 2. The number of carbonyl (C=O) groups excluding carboxylic acids is 2. The second-order valence-corrected chi connectivity index (χ2v) is 9.01. The lowest BCUT2D eigenvalue weighted by Crippen LogP contribution is -2.15. The first-order valence-electron chi connectivity index (χ1n) is 11.2. The fourth-order valence-electron chi connectivity index (χ4n) is 3.37. The first kappa shape index (κ1) is 25.3. The Balaban J connectivity index is 1.52. The Hall–Kier alpha value is -3.82. The monoisotopic (exact) mass is 522 g/mol. The van der Waals surface area contributed by atoms with E-state index in [1.54, 1.807) is 34.9 Å². The van der Waals surface area contributed by atoms with Gasteiger partial charge in [-0.1, -0.05) is 60.6 Å². The van der Waals surface area contributed by atoms with E-state index in [1.165, 1.54) is 23.9 Å². The standard InChI is InChI=1S/C26H23ClN4O4S/c1-2-14-35-25(34)20-15-17(12-13-21(20)27)28-23(33)16-36-26-30-29-24(19-10-6-7-11-22(19)32)31(26)18-8-4-3-5-9-18/h3-13,15,32H,2,14,16H2,1H3,(H,28,33). The lowest BCUT2D eigenvalue weighted by atomic mass is 10.2. The fraction of sp³-hybridized carbons (Fsp3) is 0.154. The van der Waals surface area contributed by atoms with Crippen LogP contribution in [0.25, 0.3) is 17.1 Å². The summed E-state index contributed by atoms with van der Waals surface area (Å²) in [6.07, 6.45) is 0.691. The van der Waals surface area contributed by atoms with Crippen molar-refractivity contribution in [3.05, 3.63) is 83.4 Å². The van der Waals surface area contributed by atoms with E-state index in [2.05, 4.69) is 15.5 Å². The van der Waals surface area contributed by atoms with Crippen molar-refractivity contribution in [2.45, 2.75) is 18.5 Å². The van der Waals surface area contributed by atoms with Gasteiger partial charge < -0.3 is 15.2 Å². The molecule has 0 fully saturated rings. The van der Waals surface area contributed by atoms with Gasteiger partial charge in [0.2, 0.25) is 5.91 Å². The quantitative estimate of drug-likeness (QED) is 0.218. The molecular formula is C26H23ClN4O4S. The number of carbonyl (C=O) groups is 2. The first-order valence-corrected chi connectivity index (χ1v) is 12.5. The van der Waals surface area contributed by atoms with Crippen molar-refractivity contribution in [2.75, 3.05) is 17.7 Å². The Bertz CT molecular complexity index is 1380. The van der Waals surface area contributed by atoms with E-state index in [1.807, 2.05) is 37.3 Å². The zero-order valence-corrected chi connectivity index (χ0v) is 20.9. The van der Waals surface area contributed by atoms with Gasteiger partial charge in [-0.2, -0.15) is 0 Å². The summed E-state index contributed by atoms with van der Waals surface area (Å²) >= 11 is 7.33. The minimum atomic E-state index is -0.542. The summed E-state index contributed by atoms with van der Waals surface area (Å²) < 4.78 is 6.94. The summed E-state index contributed by atoms with van der Waals surface area (Å²) in [6, 6.07) is 21.0. The van der Waals surface area contributed by atoms with Crippen LogP contribution in [0.15, 0.2) is 78.0 Å². The summed E-state index contributed by atoms with van der Waals surface area (Å²) in [4.78, 5) is 25.0. The number of nitrogens with one attached hydrogen (secondary N) is 1. The van der Waals surface area contributed by atoms with Crippen LogP contribution >= 0.6 is 23.4 Å². The number of amides is 1. The highest BCUT2D eigenvalue weighted by molar-refractivity contribution is 7.99. The Morgan fingerprint density at radius 1 is 1.06 bits per heavy atom. The summed E-state index contributed by atoms with van der Waals surface area (Å²) in [5.74, 6) is -0.284. The molecule has 3 aromatic carbocycles. The third-order valence-corrected chi connectivity index (χ3v) is 6.29. The molecule has 36 heavy (non-hydrogen) atoms. The molecule has 4 rings (SSSR count). The van der Waals surface area contributed by atoms with Crippen LogP contribution < -0.4 is 5.32 Å². The molecule has 0 aliphatic heterocycles. The van der Waals surface area contributed by atoms with E-state index in [9.17, 15) is 14.7 Å². The molecule has 0 saturated carbocycles. The Kier molecular flexibility index (Phi) is 8.24. The predicted molar refractivity (Wildman–Crippen MR) is 140 cm³/mol.